The number of ether oxygens (including phenoxy) is 2. The molecule has 4 rings (SSSR count). The summed E-state index contributed by atoms with van der Waals surface area (Å²) in [7, 11) is 3.22. The predicted molar refractivity (Wildman–Crippen MR) is 126 cm³/mol. The van der Waals surface area contributed by atoms with E-state index >= 15 is 0 Å². The quantitative estimate of drug-likeness (QED) is 0.273. The van der Waals surface area contributed by atoms with Crippen molar-refractivity contribution in [3.63, 3.8) is 0 Å². The minimum absolute atomic E-state index is 0.000712. The molecule has 0 bridgehead atoms. The fraction of sp³-hybridized carbons (Fsp3) is 0.160. The average Bonchev–Trinajstić information content (AvgIpc) is 3.26. The second-order valence-corrected chi connectivity index (χ2v) is 8.04. The van der Waals surface area contributed by atoms with Crippen LogP contribution in [0.2, 0.25) is 0 Å². The second-order valence-electron chi connectivity index (χ2n) is 7.10. The van der Waals surface area contributed by atoms with E-state index in [1.54, 1.807) is 26.4 Å². The lowest BCUT2D eigenvalue weighted by molar-refractivity contribution is 0.102. The number of nitrogens with zero attached hydrogens (tertiary/aromatic N) is 3. The van der Waals surface area contributed by atoms with E-state index < -0.39 is 0 Å². The largest absolute Gasteiger partial charge is 0.497 e. The summed E-state index contributed by atoms with van der Waals surface area (Å²) in [4.78, 5) is 12.8. The fourth-order valence-corrected chi connectivity index (χ4v) is 4.17. The van der Waals surface area contributed by atoms with E-state index in [-0.39, 0.29) is 11.5 Å². The van der Waals surface area contributed by atoms with Crippen LogP contribution in [-0.4, -0.2) is 40.5 Å². The van der Waals surface area contributed by atoms with Gasteiger partial charge in [0.05, 0.1) is 25.7 Å². The molecule has 0 atom stereocenters. The lowest BCUT2D eigenvalue weighted by Crippen LogP contribution is -2.06. The Bertz CT molecular complexity index is 1240. The average molecular weight is 446 g/mol. The molecule has 0 radical (unpaired) electrons. The summed E-state index contributed by atoms with van der Waals surface area (Å²) >= 11 is 1.36. The van der Waals surface area contributed by atoms with E-state index in [0.29, 0.717) is 22.3 Å². The Hall–Kier alpha value is -3.58. The minimum atomic E-state index is -0.000712. The molecule has 0 saturated heterocycles. The molecule has 0 fully saturated rings. The molecule has 0 aliphatic heterocycles. The molecular weight excluding hydrogens is 422 g/mol. The molecule has 4 aromatic rings. The summed E-state index contributed by atoms with van der Waals surface area (Å²) in [6, 6.07) is 22.9. The number of ketones is 1. The van der Waals surface area contributed by atoms with Crippen molar-refractivity contribution in [3.8, 4) is 28.6 Å². The maximum atomic E-state index is 12.8. The van der Waals surface area contributed by atoms with Gasteiger partial charge in [0.15, 0.2) is 16.8 Å². The number of rotatable bonds is 8. The molecule has 1 heterocycles. The summed E-state index contributed by atoms with van der Waals surface area (Å²) in [5.41, 5.74) is 3.57. The Morgan fingerprint density at radius 2 is 1.66 bits per heavy atom. The van der Waals surface area contributed by atoms with Gasteiger partial charge >= 0.3 is 0 Å². The summed E-state index contributed by atoms with van der Waals surface area (Å²) in [6.07, 6.45) is 0. The van der Waals surface area contributed by atoms with Crippen LogP contribution in [0.1, 0.15) is 15.9 Å². The van der Waals surface area contributed by atoms with Crippen molar-refractivity contribution in [2.45, 2.75) is 12.1 Å². The van der Waals surface area contributed by atoms with Crippen LogP contribution in [0.5, 0.6) is 11.5 Å². The third-order valence-electron chi connectivity index (χ3n) is 5.06. The molecule has 162 valence electrons. The molecule has 0 N–H and O–H groups in total. The van der Waals surface area contributed by atoms with Gasteiger partial charge in [-0.15, -0.1) is 10.2 Å². The lowest BCUT2D eigenvalue weighted by atomic mass is 10.1. The highest BCUT2D eigenvalue weighted by Gasteiger charge is 2.19. The van der Waals surface area contributed by atoms with Crippen molar-refractivity contribution in [2.75, 3.05) is 20.0 Å². The number of benzene rings is 3. The van der Waals surface area contributed by atoms with Crippen molar-refractivity contribution in [1.82, 2.24) is 14.8 Å². The Kier molecular flexibility index (Phi) is 6.56. The molecule has 0 spiro atoms. The monoisotopic (exact) mass is 445 g/mol. The summed E-state index contributed by atoms with van der Waals surface area (Å²) in [5, 5.41) is 9.53. The number of carbonyl (C=O) groups is 1. The maximum Gasteiger partial charge on any atom is 0.196 e. The van der Waals surface area contributed by atoms with Crippen LogP contribution in [0.3, 0.4) is 0 Å². The van der Waals surface area contributed by atoms with Crippen molar-refractivity contribution in [1.29, 1.82) is 0 Å². The van der Waals surface area contributed by atoms with E-state index in [4.69, 9.17) is 9.47 Å². The first kappa shape index (κ1) is 21.6. The van der Waals surface area contributed by atoms with E-state index in [1.807, 2.05) is 72.2 Å². The van der Waals surface area contributed by atoms with Crippen molar-refractivity contribution in [3.05, 3.63) is 83.9 Å². The van der Waals surface area contributed by atoms with Crippen LogP contribution < -0.4 is 9.47 Å². The van der Waals surface area contributed by atoms with Crippen LogP contribution in [0, 0.1) is 6.92 Å². The third kappa shape index (κ3) is 4.53. The summed E-state index contributed by atoms with van der Waals surface area (Å²) < 4.78 is 12.5. The lowest BCUT2D eigenvalue weighted by Gasteiger charge is -2.13. The number of hydrogen-bond donors (Lipinski definition) is 0. The van der Waals surface area contributed by atoms with Crippen LogP contribution in [0.25, 0.3) is 17.1 Å². The predicted octanol–water partition coefficient (Wildman–Crippen LogP) is 5.23. The fourth-order valence-electron chi connectivity index (χ4n) is 3.33. The number of thioether (sulfide) groups is 1. The van der Waals surface area contributed by atoms with E-state index in [0.717, 1.165) is 22.6 Å². The highest BCUT2D eigenvalue weighted by molar-refractivity contribution is 7.99. The zero-order valence-corrected chi connectivity index (χ0v) is 18.9. The summed E-state index contributed by atoms with van der Waals surface area (Å²) in [5.74, 6) is 2.37. The van der Waals surface area contributed by atoms with Crippen LogP contribution in [0.15, 0.2) is 78.0 Å². The topological polar surface area (TPSA) is 66.2 Å². The maximum absolute atomic E-state index is 12.8. The molecule has 0 aliphatic carbocycles. The number of aryl methyl sites for hydroxylation is 1. The molecule has 32 heavy (non-hydrogen) atoms. The van der Waals surface area contributed by atoms with Gasteiger partial charge in [-0.2, -0.15) is 0 Å². The number of Topliss-reactive ketones (excluding diaryl/α,β-unsaturated/α-hetero) is 1. The van der Waals surface area contributed by atoms with Crippen molar-refractivity contribution < 1.29 is 14.3 Å². The first-order valence-electron chi connectivity index (χ1n) is 10.1. The van der Waals surface area contributed by atoms with Crippen LogP contribution in [0.4, 0.5) is 0 Å². The van der Waals surface area contributed by atoms with Gasteiger partial charge in [0, 0.05) is 11.1 Å². The Balaban J connectivity index is 1.68. The molecule has 0 amide bonds. The number of para-hydroxylation sites is 1. The van der Waals surface area contributed by atoms with E-state index in [1.165, 1.54) is 11.8 Å². The van der Waals surface area contributed by atoms with E-state index in [2.05, 4.69) is 10.2 Å². The first-order valence-corrected chi connectivity index (χ1v) is 11.0. The molecule has 0 aliphatic rings. The standard InChI is InChI=1S/C25H23N3O3S/c1-17-7-4-5-10-22(17)28-24(18-11-13-20(30-2)14-12-18)26-27-25(28)32-16-23(29)19-8-6-9-21(15-19)31-3/h4-15H,16H2,1-3H3. The molecule has 6 nitrogen and oxygen atoms in total. The van der Waals surface area contributed by atoms with Gasteiger partial charge in [-0.1, -0.05) is 42.1 Å². The van der Waals surface area contributed by atoms with Crippen LogP contribution in [-0.2, 0) is 0 Å². The SMILES string of the molecule is COc1ccc(-c2nnc(SCC(=O)c3cccc(OC)c3)n2-c2ccccc2C)cc1. The van der Waals surface area contributed by atoms with E-state index in [9.17, 15) is 4.79 Å². The van der Waals surface area contributed by atoms with Gasteiger partial charge in [0.25, 0.3) is 0 Å². The number of hydrogen-bond acceptors (Lipinski definition) is 6. The molecule has 3 aromatic carbocycles. The molecular formula is C25H23N3O3S. The highest BCUT2D eigenvalue weighted by atomic mass is 32.2. The number of carbonyl (C=O) groups excluding carboxylic acids is 1. The van der Waals surface area contributed by atoms with Crippen LogP contribution >= 0.6 is 11.8 Å². The normalized spacial score (nSPS) is 10.7. The van der Waals surface area contributed by atoms with Gasteiger partial charge in [-0.3, -0.25) is 9.36 Å². The Morgan fingerprint density at radius 1 is 0.906 bits per heavy atom. The van der Waals surface area contributed by atoms with Crippen molar-refractivity contribution in [2.24, 2.45) is 0 Å². The molecule has 7 heteroatoms. The van der Waals surface area contributed by atoms with Gasteiger partial charge in [-0.05, 0) is 55.0 Å². The molecule has 0 saturated carbocycles. The van der Waals surface area contributed by atoms with Gasteiger partial charge in [-0.25, -0.2) is 0 Å². The summed E-state index contributed by atoms with van der Waals surface area (Å²) in [6.45, 7) is 2.04. The molecule has 1 aromatic heterocycles. The van der Waals surface area contributed by atoms with Gasteiger partial charge < -0.3 is 9.47 Å². The van der Waals surface area contributed by atoms with Gasteiger partial charge in [0.2, 0.25) is 0 Å². The zero-order chi connectivity index (χ0) is 22.5. The third-order valence-corrected chi connectivity index (χ3v) is 5.99. The molecule has 0 unspecified atom stereocenters. The first-order chi connectivity index (χ1) is 15.6. The minimum Gasteiger partial charge on any atom is -0.497 e. The number of aromatic nitrogens is 3. The second kappa shape index (κ2) is 9.70. The smallest absolute Gasteiger partial charge is 0.196 e. The highest BCUT2D eigenvalue weighted by Crippen LogP contribution is 2.30. The van der Waals surface area contributed by atoms with Gasteiger partial charge in [0.1, 0.15) is 11.5 Å². The Morgan fingerprint density at radius 3 is 2.38 bits per heavy atom. The van der Waals surface area contributed by atoms with Crippen molar-refractivity contribution >= 4 is 17.5 Å². The zero-order valence-electron chi connectivity index (χ0n) is 18.1. The number of methoxy groups -OCH3 is 2. The Labute approximate surface area is 191 Å².